The maximum absolute atomic E-state index is 15.1. The van der Waals surface area contributed by atoms with Crippen molar-refractivity contribution in [2.45, 2.75) is 57.1 Å². The fourth-order valence-electron chi connectivity index (χ4n) is 3.33. The predicted octanol–water partition coefficient (Wildman–Crippen LogP) is -1.31. The fraction of sp³-hybridized carbons (Fsp3) is 0.667. The van der Waals surface area contributed by atoms with E-state index < -0.39 is 75.2 Å². The number of carbonyl (C=O) groups excluding carboxylic acids is 2. The van der Waals surface area contributed by atoms with Gasteiger partial charge in [0, 0.05) is 0 Å². The molecule has 0 radical (unpaired) electrons. The largest absolute Gasteiger partial charge is 0.573 e. The first-order chi connectivity index (χ1) is 15.7. The Balaban J connectivity index is 1.66. The molecule has 0 aromatic rings. The Hall–Kier alpha value is -2.26. The van der Waals surface area contributed by atoms with Crippen LogP contribution in [0.4, 0.5) is 4.39 Å². The van der Waals surface area contributed by atoms with Gasteiger partial charge in [-0.25, -0.2) is 9.38 Å². The van der Waals surface area contributed by atoms with Crippen LogP contribution in [0.1, 0.15) is 20.8 Å². The molecule has 3 aliphatic rings. The molecule has 0 aromatic carbocycles. The van der Waals surface area contributed by atoms with E-state index in [1.165, 1.54) is 4.90 Å². The topological polar surface area (TPSA) is 198 Å². The number of amides is 1. The Morgan fingerprint density at radius 3 is 2.76 bits per heavy atom. The summed E-state index contributed by atoms with van der Waals surface area (Å²) in [5.41, 5.74) is 2.79. The third-order valence-corrected chi connectivity index (χ3v) is 6.18. The average Bonchev–Trinajstić information content (AvgIpc) is 3.26. The molecule has 3 rings (SSSR count). The molecule has 14 nitrogen and oxygen atoms in total. The van der Waals surface area contributed by atoms with Crippen LogP contribution < -0.4 is 11.1 Å². The van der Waals surface area contributed by atoms with E-state index in [4.69, 9.17) is 24.3 Å². The molecule has 0 spiro atoms. The highest BCUT2D eigenvalue weighted by molar-refractivity contribution is 7.54. The normalized spacial score (nSPS) is 33.4. The van der Waals surface area contributed by atoms with Crippen molar-refractivity contribution in [2.24, 2.45) is 21.1 Å². The second-order valence-corrected chi connectivity index (χ2v) is 10.3. The van der Waals surface area contributed by atoms with Crippen molar-refractivity contribution in [1.82, 2.24) is 10.2 Å². The number of hydrogen-bond donors (Lipinski definition) is 5. The predicted molar refractivity (Wildman–Crippen MR) is 115 cm³/mol. The first-order valence-corrected chi connectivity index (χ1v) is 11.6. The molecule has 1 amide bonds. The molecule has 0 bridgehead atoms. The lowest BCUT2D eigenvalue weighted by molar-refractivity contribution is -0.161. The zero-order valence-corrected chi connectivity index (χ0v) is 19.6. The monoisotopic (exact) mass is 508 g/mol. The Labute approximate surface area is 194 Å². The number of aliphatic imine (C=N–C) groups is 2. The summed E-state index contributed by atoms with van der Waals surface area (Å²) in [7, 11) is -4.56. The number of alkyl halides is 1. The number of aliphatic hydroxyl groups is 1. The van der Waals surface area contributed by atoms with Crippen LogP contribution in [0.5, 0.6) is 0 Å². The van der Waals surface area contributed by atoms with Gasteiger partial charge in [0.1, 0.15) is 18.3 Å². The van der Waals surface area contributed by atoms with Crippen LogP contribution in [-0.4, -0.2) is 93.7 Å². The van der Waals surface area contributed by atoms with Crippen LogP contribution in [0.2, 0.25) is 0 Å². The van der Waals surface area contributed by atoms with Gasteiger partial charge in [0.2, 0.25) is 6.79 Å². The van der Waals surface area contributed by atoms with Gasteiger partial charge in [0.15, 0.2) is 30.6 Å². The maximum atomic E-state index is 15.1. The van der Waals surface area contributed by atoms with Crippen molar-refractivity contribution >= 4 is 32.3 Å². The van der Waals surface area contributed by atoms with E-state index in [9.17, 15) is 24.5 Å². The Morgan fingerprint density at radius 1 is 1.47 bits per heavy atom. The number of hydrogen-bond acceptors (Lipinski definition) is 13. The van der Waals surface area contributed by atoms with E-state index in [0.29, 0.717) is 0 Å². The summed E-state index contributed by atoms with van der Waals surface area (Å²) in [5.74, 6) is -1.38. The summed E-state index contributed by atoms with van der Waals surface area (Å²) in [6, 6.07) is -0.993. The van der Waals surface area contributed by atoms with Gasteiger partial charge in [0.25, 0.3) is 5.91 Å². The van der Waals surface area contributed by atoms with Crippen LogP contribution in [0.15, 0.2) is 22.6 Å². The number of carbonyl (C=O) groups is 2. The first-order valence-electron chi connectivity index (χ1n) is 10.1. The summed E-state index contributed by atoms with van der Waals surface area (Å²) in [5, 5.41) is 12.9. The fourth-order valence-corrected chi connectivity index (χ4v) is 3.97. The molecule has 3 unspecified atom stereocenters. The number of nitrogens with one attached hydrogen (secondary N) is 1. The van der Waals surface area contributed by atoms with E-state index in [-0.39, 0.29) is 5.96 Å². The van der Waals surface area contributed by atoms with Gasteiger partial charge in [-0.15, -0.1) is 15.6 Å². The summed E-state index contributed by atoms with van der Waals surface area (Å²) in [6.45, 7) is 6.70. The van der Waals surface area contributed by atoms with E-state index in [0.717, 1.165) is 12.4 Å². The molecular formula is C18H28FN5O9P+. The molecule has 6 atom stereocenters. The van der Waals surface area contributed by atoms with Crippen LogP contribution in [0, 0.1) is 5.41 Å². The van der Waals surface area contributed by atoms with Crippen molar-refractivity contribution in [1.29, 1.82) is 0 Å². The Kier molecular flexibility index (Phi) is 7.30. The minimum atomic E-state index is -4.56. The lowest BCUT2D eigenvalue weighted by atomic mass is 9.97. The maximum Gasteiger partial charge on any atom is 0.573 e. The zero-order chi connectivity index (χ0) is 25.5. The second kappa shape index (κ2) is 9.41. The number of ether oxygens (including phenoxy) is 2. The average molecular weight is 508 g/mol. The molecule has 16 heteroatoms. The first kappa shape index (κ1) is 26.3. The highest BCUT2D eigenvalue weighted by Crippen LogP contribution is 2.54. The SMILES string of the molecule is C=C[C@]1(CO[P+](O)(O)OCOC(=O)C(C)(C)C)O[C@@H](N2C=NC3C(=O)NC(N)=NC32)[C@H](F)C1O. The van der Waals surface area contributed by atoms with Crippen molar-refractivity contribution in [3.8, 4) is 0 Å². The molecule has 34 heavy (non-hydrogen) atoms. The quantitative estimate of drug-likeness (QED) is 0.113. The number of rotatable bonds is 8. The molecule has 1 fully saturated rings. The molecule has 0 aromatic heterocycles. The van der Waals surface area contributed by atoms with Crippen molar-refractivity contribution in [3.63, 3.8) is 0 Å². The van der Waals surface area contributed by atoms with E-state index in [1.54, 1.807) is 20.8 Å². The highest BCUT2D eigenvalue weighted by atomic mass is 31.2. The van der Waals surface area contributed by atoms with Gasteiger partial charge >= 0.3 is 14.1 Å². The number of nitrogens with zero attached hydrogens (tertiary/aromatic N) is 3. The molecule has 0 aliphatic carbocycles. The number of nitrogens with two attached hydrogens (primary N) is 1. The Bertz CT molecular complexity index is 898. The summed E-state index contributed by atoms with van der Waals surface area (Å²) in [4.78, 5) is 53.0. The van der Waals surface area contributed by atoms with Gasteiger partial charge in [-0.1, -0.05) is 6.08 Å². The standard InChI is InChI=1S/C18H27FN5O9P/c1-5-18(6-31-34(28,29)32-8-30-15(27)17(2,3)4)11(25)9(19)14(33-18)24-7-21-10-12(24)22-16(20)23-13(10)26/h5,7,9-12,14,25,28-29H,1,6,8H2,2-4H3,(H2-,20,22,23,26)/p+1/t9-,10?,11?,12?,14-,18-/m1/s1. The molecule has 0 saturated carbocycles. The van der Waals surface area contributed by atoms with Gasteiger partial charge in [0.05, 0.1) is 11.8 Å². The number of guanidine groups is 1. The van der Waals surface area contributed by atoms with Crippen molar-refractivity contribution in [2.75, 3.05) is 13.4 Å². The highest BCUT2D eigenvalue weighted by Gasteiger charge is 2.60. The molecule has 1 saturated heterocycles. The van der Waals surface area contributed by atoms with E-state index in [1.807, 2.05) is 0 Å². The van der Waals surface area contributed by atoms with Crippen LogP contribution in [0.3, 0.4) is 0 Å². The van der Waals surface area contributed by atoms with Crippen LogP contribution in [0.25, 0.3) is 0 Å². The molecule has 3 heterocycles. The summed E-state index contributed by atoms with van der Waals surface area (Å²) in [6.07, 6.45) is -4.22. The van der Waals surface area contributed by atoms with Crippen molar-refractivity contribution in [3.05, 3.63) is 12.7 Å². The lowest BCUT2D eigenvalue weighted by Crippen LogP contribution is -2.56. The molecule has 190 valence electrons. The third kappa shape index (κ3) is 5.20. The van der Waals surface area contributed by atoms with Crippen molar-refractivity contribution < 1.29 is 47.4 Å². The van der Waals surface area contributed by atoms with Crippen LogP contribution >= 0.6 is 8.17 Å². The van der Waals surface area contributed by atoms with Gasteiger partial charge < -0.3 is 25.2 Å². The van der Waals surface area contributed by atoms with Gasteiger partial charge in [-0.2, -0.15) is 9.79 Å². The zero-order valence-electron chi connectivity index (χ0n) is 18.7. The molecular weight excluding hydrogens is 480 g/mol. The number of esters is 1. The summed E-state index contributed by atoms with van der Waals surface area (Å²) < 4.78 is 35.3. The number of fused-ring (bicyclic) bond motifs is 1. The van der Waals surface area contributed by atoms with Gasteiger partial charge in [-0.3, -0.25) is 19.9 Å². The van der Waals surface area contributed by atoms with E-state index in [2.05, 4.69) is 21.9 Å². The third-order valence-electron chi connectivity index (χ3n) is 5.28. The Morgan fingerprint density at radius 2 is 2.15 bits per heavy atom. The summed E-state index contributed by atoms with van der Waals surface area (Å²) >= 11 is 0. The van der Waals surface area contributed by atoms with Gasteiger partial charge in [-0.05, 0) is 20.8 Å². The molecule has 3 aliphatic heterocycles. The van der Waals surface area contributed by atoms with Crippen LogP contribution in [-0.2, 0) is 28.1 Å². The lowest BCUT2D eigenvalue weighted by Gasteiger charge is -2.33. The smallest absolute Gasteiger partial charge is 0.433 e. The minimum absolute atomic E-state index is 0.187. The number of aliphatic hydroxyl groups excluding tert-OH is 1. The second-order valence-electron chi connectivity index (χ2n) is 8.82. The minimum Gasteiger partial charge on any atom is -0.433 e. The molecule has 6 N–H and O–H groups in total. The van der Waals surface area contributed by atoms with E-state index >= 15 is 4.39 Å². The number of halogens is 1.